The fourth-order valence-corrected chi connectivity index (χ4v) is 3.93. The number of esters is 1. The zero-order valence-corrected chi connectivity index (χ0v) is 20.7. The fourth-order valence-electron chi connectivity index (χ4n) is 3.67. The first kappa shape index (κ1) is 24.2. The number of methoxy groups -OCH3 is 1. The Morgan fingerprint density at radius 3 is 2.37 bits per heavy atom. The van der Waals surface area contributed by atoms with E-state index in [9.17, 15) is 9.59 Å². The van der Waals surface area contributed by atoms with E-state index in [2.05, 4.69) is 18.9 Å². The minimum Gasteiger partial charge on any atom is -0.493 e. The molecule has 1 aliphatic heterocycles. The Balaban J connectivity index is 1.59. The molecule has 1 amide bonds. The first-order valence-corrected chi connectivity index (χ1v) is 11.5. The number of hydrazone groups is 1. The Morgan fingerprint density at radius 2 is 1.74 bits per heavy atom. The summed E-state index contributed by atoms with van der Waals surface area (Å²) >= 11 is 6.48. The highest BCUT2D eigenvalue weighted by atomic mass is 35.5. The van der Waals surface area contributed by atoms with Gasteiger partial charge in [-0.1, -0.05) is 55.8 Å². The average molecular weight is 489 g/mol. The Kier molecular flexibility index (Phi) is 7.03. The van der Waals surface area contributed by atoms with Gasteiger partial charge in [0.1, 0.15) is 0 Å². The maximum Gasteiger partial charge on any atom is 0.343 e. The van der Waals surface area contributed by atoms with Gasteiger partial charge in [-0.15, -0.1) is 0 Å². The van der Waals surface area contributed by atoms with Crippen LogP contribution in [0, 0.1) is 0 Å². The molecule has 1 aliphatic rings. The normalized spacial score (nSPS) is 14.5. The number of amides is 1. The number of carbonyl (C=O) groups excluding carboxylic acids is 2. The number of benzene rings is 3. The zero-order valence-electron chi connectivity index (χ0n) is 19.9. The van der Waals surface area contributed by atoms with Gasteiger partial charge in [-0.3, -0.25) is 4.79 Å². The minimum absolute atomic E-state index is 0.114. The number of hydrogen-bond acceptors (Lipinski definition) is 5. The van der Waals surface area contributed by atoms with E-state index in [4.69, 9.17) is 21.1 Å². The van der Waals surface area contributed by atoms with Crippen molar-refractivity contribution < 1.29 is 19.1 Å². The van der Waals surface area contributed by atoms with E-state index in [1.165, 1.54) is 12.1 Å². The lowest BCUT2D eigenvalue weighted by Crippen LogP contribution is -2.21. The summed E-state index contributed by atoms with van der Waals surface area (Å²) < 4.78 is 11.0. The number of rotatable bonds is 6. The second-order valence-corrected chi connectivity index (χ2v) is 8.80. The standard InChI is InChI=1S/C28H25ClN2O4/c1-17(2)20-10-12-21(13-11-20)28(33)35-26-24(29)15-19(16-25(26)34-4)14-23-18(3)30-31(27(23)32)22-8-6-5-7-9-22/h5-17H,1-4H3/b23-14-. The van der Waals surface area contributed by atoms with Crippen molar-refractivity contribution in [3.8, 4) is 11.5 Å². The molecule has 178 valence electrons. The largest absolute Gasteiger partial charge is 0.493 e. The van der Waals surface area contributed by atoms with Gasteiger partial charge in [0.25, 0.3) is 5.91 Å². The molecule has 7 heteroatoms. The molecule has 3 aromatic carbocycles. The molecule has 6 nitrogen and oxygen atoms in total. The van der Waals surface area contributed by atoms with Gasteiger partial charge in [0, 0.05) is 0 Å². The van der Waals surface area contributed by atoms with Gasteiger partial charge in [0.2, 0.25) is 0 Å². The number of ether oxygens (including phenoxy) is 2. The smallest absolute Gasteiger partial charge is 0.343 e. The lowest BCUT2D eigenvalue weighted by atomic mass is 10.0. The molecule has 0 aromatic heterocycles. The van der Waals surface area contributed by atoms with E-state index < -0.39 is 5.97 Å². The van der Waals surface area contributed by atoms with Gasteiger partial charge < -0.3 is 9.47 Å². The Labute approximate surface area is 209 Å². The summed E-state index contributed by atoms with van der Waals surface area (Å²) in [6, 6.07) is 19.7. The second-order valence-electron chi connectivity index (χ2n) is 8.40. The molecule has 0 saturated heterocycles. The molecular weight excluding hydrogens is 464 g/mol. The van der Waals surface area contributed by atoms with Gasteiger partial charge in [-0.2, -0.15) is 10.1 Å². The Hall–Kier alpha value is -3.90. The monoisotopic (exact) mass is 488 g/mol. The first-order chi connectivity index (χ1) is 16.8. The SMILES string of the molecule is COc1cc(/C=C2\C(=O)N(c3ccccc3)N=C2C)cc(Cl)c1OC(=O)c1ccc(C(C)C)cc1. The summed E-state index contributed by atoms with van der Waals surface area (Å²) in [4.78, 5) is 25.7. The molecule has 0 spiro atoms. The number of para-hydroxylation sites is 1. The van der Waals surface area contributed by atoms with E-state index >= 15 is 0 Å². The molecule has 0 saturated carbocycles. The number of anilines is 1. The van der Waals surface area contributed by atoms with Crippen molar-refractivity contribution in [1.82, 2.24) is 0 Å². The summed E-state index contributed by atoms with van der Waals surface area (Å²) in [7, 11) is 1.46. The van der Waals surface area contributed by atoms with Crippen molar-refractivity contribution in [2.24, 2.45) is 5.10 Å². The Morgan fingerprint density at radius 1 is 1.06 bits per heavy atom. The summed E-state index contributed by atoms with van der Waals surface area (Å²) in [6.45, 7) is 5.94. The predicted molar refractivity (Wildman–Crippen MR) is 139 cm³/mol. The highest BCUT2D eigenvalue weighted by Gasteiger charge is 2.29. The number of nitrogens with zero attached hydrogens (tertiary/aromatic N) is 2. The molecule has 0 bridgehead atoms. The molecule has 35 heavy (non-hydrogen) atoms. The third-order valence-corrected chi connectivity index (χ3v) is 5.91. The van der Waals surface area contributed by atoms with Gasteiger partial charge in [0.15, 0.2) is 11.5 Å². The van der Waals surface area contributed by atoms with Crippen molar-refractivity contribution in [3.05, 3.63) is 94.0 Å². The third-order valence-electron chi connectivity index (χ3n) is 5.63. The molecule has 4 rings (SSSR count). The molecule has 0 aliphatic carbocycles. The zero-order chi connectivity index (χ0) is 25.1. The van der Waals surface area contributed by atoms with Gasteiger partial charge in [-0.25, -0.2) is 4.79 Å². The van der Waals surface area contributed by atoms with Crippen LogP contribution in [0.3, 0.4) is 0 Å². The van der Waals surface area contributed by atoms with Crippen LogP contribution in [-0.4, -0.2) is 24.7 Å². The van der Waals surface area contributed by atoms with Crippen molar-refractivity contribution in [3.63, 3.8) is 0 Å². The van der Waals surface area contributed by atoms with Crippen LogP contribution in [0.25, 0.3) is 6.08 Å². The van der Waals surface area contributed by atoms with Crippen LogP contribution in [0.2, 0.25) is 5.02 Å². The topological polar surface area (TPSA) is 68.2 Å². The molecule has 0 atom stereocenters. The summed E-state index contributed by atoms with van der Waals surface area (Å²) in [5, 5.41) is 5.93. The molecule has 0 fully saturated rings. The first-order valence-electron chi connectivity index (χ1n) is 11.1. The average Bonchev–Trinajstić information content (AvgIpc) is 3.14. The fraction of sp³-hybridized carbons (Fsp3) is 0.179. The number of hydrogen-bond donors (Lipinski definition) is 0. The summed E-state index contributed by atoms with van der Waals surface area (Å²) in [6.07, 6.45) is 1.69. The van der Waals surface area contributed by atoms with E-state index in [-0.39, 0.29) is 22.4 Å². The molecule has 0 unspecified atom stereocenters. The number of halogens is 1. The van der Waals surface area contributed by atoms with Crippen LogP contribution in [0.4, 0.5) is 5.69 Å². The molecule has 3 aromatic rings. The second kappa shape index (κ2) is 10.2. The van der Waals surface area contributed by atoms with Crippen LogP contribution < -0.4 is 14.5 Å². The van der Waals surface area contributed by atoms with E-state index in [0.717, 1.165) is 5.56 Å². The van der Waals surface area contributed by atoms with Crippen molar-refractivity contribution in [2.75, 3.05) is 12.1 Å². The lowest BCUT2D eigenvalue weighted by molar-refractivity contribution is -0.114. The predicted octanol–water partition coefficient (Wildman–Crippen LogP) is 6.50. The van der Waals surface area contributed by atoms with Gasteiger partial charge in [0.05, 0.1) is 34.7 Å². The van der Waals surface area contributed by atoms with E-state index in [1.807, 2.05) is 42.5 Å². The van der Waals surface area contributed by atoms with Crippen LogP contribution >= 0.6 is 11.6 Å². The minimum atomic E-state index is -0.543. The maximum absolute atomic E-state index is 13.0. The van der Waals surface area contributed by atoms with Crippen LogP contribution in [0.1, 0.15) is 48.2 Å². The van der Waals surface area contributed by atoms with E-state index in [0.29, 0.717) is 34.0 Å². The maximum atomic E-state index is 13.0. The quantitative estimate of drug-likeness (QED) is 0.226. The van der Waals surface area contributed by atoms with Crippen molar-refractivity contribution >= 4 is 41.0 Å². The highest BCUT2D eigenvalue weighted by molar-refractivity contribution is 6.33. The third kappa shape index (κ3) is 5.12. The molecule has 0 N–H and O–H groups in total. The van der Waals surface area contributed by atoms with Gasteiger partial charge in [-0.05, 0) is 66.4 Å². The van der Waals surface area contributed by atoms with Crippen molar-refractivity contribution in [2.45, 2.75) is 26.7 Å². The molecular formula is C28H25ClN2O4. The molecule has 1 heterocycles. The summed E-state index contributed by atoms with van der Waals surface area (Å²) in [5.41, 5.74) is 3.83. The summed E-state index contributed by atoms with van der Waals surface area (Å²) in [5.74, 6) is -0.0422. The van der Waals surface area contributed by atoms with Crippen molar-refractivity contribution in [1.29, 1.82) is 0 Å². The highest BCUT2D eigenvalue weighted by Crippen LogP contribution is 2.38. The van der Waals surface area contributed by atoms with Gasteiger partial charge >= 0.3 is 5.97 Å². The molecule has 0 radical (unpaired) electrons. The number of carbonyl (C=O) groups is 2. The van der Waals surface area contributed by atoms with E-state index in [1.54, 1.807) is 37.3 Å². The van der Waals surface area contributed by atoms with Crippen LogP contribution in [-0.2, 0) is 4.79 Å². The van der Waals surface area contributed by atoms with Crippen LogP contribution in [0.15, 0.2) is 77.4 Å². The van der Waals surface area contributed by atoms with Crippen LogP contribution in [0.5, 0.6) is 11.5 Å². The lowest BCUT2D eigenvalue weighted by Gasteiger charge is -2.13. The Bertz CT molecular complexity index is 1330.